The van der Waals surface area contributed by atoms with Crippen molar-refractivity contribution in [3.05, 3.63) is 23.8 Å². The summed E-state index contributed by atoms with van der Waals surface area (Å²) in [5.74, 6) is 0. The van der Waals surface area contributed by atoms with E-state index in [0.29, 0.717) is 6.04 Å². The smallest absolute Gasteiger partial charge is 0.321 e. The molecule has 3 aliphatic heterocycles. The fourth-order valence-corrected chi connectivity index (χ4v) is 5.03. The molecule has 0 aromatic heterocycles. The van der Waals surface area contributed by atoms with Gasteiger partial charge in [-0.2, -0.15) is 0 Å². The number of benzene rings is 1. The number of carbonyl (C=O) groups excluding carboxylic acids is 1. The van der Waals surface area contributed by atoms with Gasteiger partial charge < -0.3 is 20.0 Å². The average molecular weight is 386 g/mol. The number of rotatable bonds is 3. The Morgan fingerprint density at radius 1 is 1.07 bits per heavy atom. The van der Waals surface area contributed by atoms with E-state index in [4.69, 9.17) is 0 Å². The van der Waals surface area contributed by atoms with Gasteiger partial charge in [-0.05, 0) is 70.5 Å². The topological polar surface area (TPSA) is 42.1 Å². The number of nitrogens with zero attached hydrogens (tertiary/aromatic N) is 4. The number of likely N-dealkylation sites (tertiary alicyclic amines) is 1. The van der Waals surface area contributed by atoms with Crippen LogP contribution >= 0.6 is 0 Å². The second kappa shape index (κ2) is 8.29. The van der Waals surface area contributed by atoms with Crippen molar-refractivity contribution in [1.29, 1.82) is 0 Å². The Bertz CT molecular complexity index is 700. The summed E-state index contributed by atoms with van der Waals surface area (Å²) in [7, 11) is 2.10. The molecule has 0 aliphatic carbocycles. The molecule has 3 heterocycles. The van der Waals surface area contributed by atoms with Gasteiger partial charge in [0, 0.05) is 62.7 Å². The van der Waals surface area contributed by atoms with Gasteiger partial charge in [0.1, 0.15) is 0 Å². The maximum Gasteiger partial charge on any atom is 0.321 e. The predicted octanol–water partition coefficient (Wildman–Crippen LogP) is 2.84. The number of nitrogens with one attached hydrogen (secondary N) is 1. The van der Waals surface area contributed by atoms with Crippen LogP contribution in [0.5, 0.6) is 0 Å². The van der Waals surface area contributed by atoms with Gasteiger partial charge in [-0.1, -0.05) is 0 Å². The van der Waals surface area contributed by atoms with Crippen molar-refractivity contribution in [1.82, 2.24) is 14.7 Å². The lowest BCUT2D eigenvalue weighted by atomic mass is 10.1. The van der Waals surface area contributed by atoms with Crippen molar-refractivity contribution < 1.29 is 4.79 Å². The lowest BCUT2D eigenvalue weighted by Crippen LogP contribution is -2.48. The summed E-state index contributed by atoms with van der Waals surface area (Å²) in [5, 5.41) is 3.09. The van der Waals surface area contributed by atoms with Crippen LogP contribution in [0.3, 0.4) is 0 Å². The van der Waals surface area contributed by atoms with Crippen LogP contribution in [0.25, 0.3) is 0 Å². The number of carbonyl (C=O) groups is 1. The molecule has 154 valence electrons. The van der Waals surface area contributed by atoms with Gasteiger partial charge in [0.25, 0.3) is 0 Å². The molecule has 3 fully saturated rings. The molecule has 0 saturated carbocycles. The molecule has 1 aromatic rings. The highest BCUT2D eigenvalue weighted by molar-refractivity contribution is 5.89. The van der Waals surface area contributed by atoms with Crippen molar-refractivity contribution in [2.75, 3.05) is 63.1 Å². The lowest BCUT2D eigenvalue weighted by Gasteiger charge is -2.32. The quantitative estimate of drug-likeness (QED) is 0.869. The summed E-state index contributed by atoms with van der Waals surface area (Å²) >= 11 is 0. The molecule has 3 saturated heterocycles. The van der Waals surface area contributed by atoms with Crippen LogP contribution in [0.2, 0.25) is 0 Å². The molecular formula is C22H35N5O. The number of hydrogen-bond acceptors (Lipinski definition) is 4. The summed E-state index contributed by atoms with van der Waals surface area (Å²) in [6.45, 7) is 11.5. The monoisotopic (exact) mass is 385 g/mol. The van der Waals surface area contributed by atoms with Crippen LogP contribution in [0, 0.1) is 6.92 Å². The first kappa shape index (κ1) is 19.5. The summed E-state index contributed by atoms with van der Waals surface area (Å²) in [6.07, 6.45) is 3.95. The Balaban J connectivity index is 1.36. The molecule has 1 N–H and O–H groups in total. The molecular weight excluding hydrogens is 350 g/mol. The fourth-order valence-electron chi connectivity index (χ4n) is 5.03. The van der Waals surface area contributed by atoms with Gasteiger partial charge >= 0.3 is 6.03 Å². The highest BCUT2D eigenvalue weighted by Gasteiger charge is 2.33. The highest BCUT2D eigenvalue weighted by atomic mass is 16.2. The Labute approximate surface area is 169 Å². The zero-order valence-electron chi connectivity index (χ0n) is 17.7. The van der Waals surface area contributed by atoms with Crippen LogP contribution in [-0.4, -0.2) is 85.7 Å². The van der Waals surface area contributed by atoms with Crippen molar-refractivity contribution >= 4 is 17.4 Å². The second-order valence-corrected chi connectivity index (χ2v) is 8.84. The molecule has 0 spiro atoms. The predicted molar refractivity (Wildman–Crippen MR) is 115 cm³/mol. The maximum absolute atomic E-state index is 12.5. The molecule has 0 radical (unpaired) electrons. The average Bonchev–Trinajstić information content (AvgIpc) is 3.31. The van der Waals surface area contributed by atoms with Gasteiger partial charge in [-0.25, -0.2) is 4.79 Å². The van der Waals surface area contributed by atoms with E-state index in [-0.39, 0.29) is 6.03 Å². The molecule has 2 atom stereocenters. The first-order chi connectivity index (χ1) is 13.5. The number of anilines is 2. The molecule has 4 rings (SSSR count). The molecule has 2 amide bonds. The van der Waals surface area contributed by atoms with Crippen molar-refractivity contribution in [2.45, 2.75) is 45.2 Å². The summed E-state index contributed by atoms with van der Waals surface area (Å²) in [5.41, 5.74) is 3.45. The van der Waals surface area contributed by atoms with Crippen LogP contribution in [0.4, 0.5) is 16.2 Å². The largest absolute Gasteiger partial charge is 0.370 e. The van der Waals surface area contributed by atoms with Gasteiger partial charge in [-0.3, -0.25) is 4.90 Å². The summed E-state index contributed by atoms with van der Waals surface area (Å²) in [4.78, 5) is 21.9. The van der Waals surface area contributed by atoms with Gasteiger partial charge in [0.05, 0.1) is 0 Å². The third-order valence-electron chi connectivity index (χ3n) is 6.82. The second-order valence-electron chi connectivity index (χ2n) is 8.84. The molecule has 2 unspecified atom stereocenters. The molecule has 1 aromatic carbocycles. The molecule has 3 aliphatic rings. The first-order valence-electron chi connectivity index (χ1n) is 10.9. The van der Waals surface area contributed by atoms with Crippen molar-refractivity contribution in [2.24, 2.45) is 0 Å². The van der Waals surface area contributed by atoms with E-state index in [9.17, 15) is 4.79 Å². The zero-order chi connectivity index (χ0) is 19.7. The SMILES string of the molecule is Cc1cc(NC(=O)N2CCN(C)CC2)ccc1N1CCC(N2CCCC2C)C1. The minimum absolute atomic E-state index is 0.0181. The zero-order valence-corrected chi connectivity index (χ0v) is 17.7. The Morgan fingerprint density at radius 2 is 1.86 bits per heavy atom. The van der Waals surface area contributed by atoms with Crippen LogP contribution in [0.15, 0.2) is 18.2 Å². The Morgan fingerprint density at radius 3 is 2.54 bits per heavy atom. The molecule has 6 nitrogen and oxygen atoms in total. The third kappa shape index (κ3) is 4.13. The third-order valence-corrected chi connectivity index (χ3v) is 6.82. The minimum Gasteiger partial charge on any atom is -0.370 e. The maximum atomic E-state index is 12.5. The normalized spacial score (nSPS) is 26.8. The molecule has 28 heavy (non-hydrogen) atoms. The standard InChI is InChI=1S/C22H35N5O/c1-17-15-19(23-22(28)25-13-11-24(3)12-14-25)6-7-21(17)26-10-8-20(16-26)27-9-4-5-18(27)2/h6-7,15,18,20H,4-5,8-14,16H2,1-3H3,(H,23,28). The molecule has 6 heteroatoms. The first-order valence-corrected chi connectivity index (χ1v) is 10.9. The number of hydrogen-bond donors (Lipinski definition) is 1. The number of piperazine rings is 1. The van der Waals surface area contributed by atoms with E-state index < -0.39 is 0 Å². The van der Waals surface area contributed by atoms with Gasteiger partial charge in [0.2, 0.25) is 0 Å². The number of urea groups is 1. The summed E-state index contributed by atoms with van der Waals surface area (Å²) < 4.78 is 0. The van der Waals surface area contributed by atoms with Gasteiger partial charge in [0.15, 0.2) is 0 Å². The minimum atomic E-state index is 0.0181. The van der Waals surface area contributed by atoms with E-state index in [2.05, 4.69) is 59.1 Å². The number of amides is 2. The lowest BCUT2D eigenvalue weighted by molar-refractivity contribution is 0.164. The van der Waals surface area contributed by atoms with E-state index in [1.165, 1.54) is 37.1 Å². The summed E-state index contributed by atoms with van der Waals surface area (Å²) in [6, 6.07) is 7.80. The van der Waals surface area contributed by atoms with Gasteiger partial charge in [-0.15, -0.1) is 0 Å². The van der Waals surface area contributed by atoms with E-state index in [1.807, 2.05) is 4.90 Å². The van der Waals surface area contributed by atoms with E-state index in [0.717, 1.165) is 51.0 Å². The van der Waals surface area contributed by atoms with Crippen molar-refractivity contribution in [3.63, 3.8) is 0 Å². The van der Waals surface area contributed by atoms with Crippen molar-refractivity contribution in [3.8, 4) is 0 Å². The molecule has 0 bridgehead atoms. The Kier molecular flexibility index (Phi) is 5.78. The van der Waals surface area contributed by atoms with Crippen LogP contribution in [0.1, 0.15) is 31.7 Å². The highest BCUT2D eigenvalue weighted by Crippen LogP contribution is 2.31. The van der Waals surface area contributed by atoms with E-state index >= 15 is 0 Å². The Hall–Kier alpha value is -1.79. The number of likely N-dealkylation sites (N-methyl/N-ethyl adjacent to an activating group) is 1. The van der Waals surface area contributed by atoms with Crippen LogP contribution in [-0.2, 0) is 0 Å². The fraction of sp³-hybridized carbons (Fsp3) is 0.682. The van der Waals surface area contributed by atoms with Crippen LogP contribution < -0.4 is 10.2 Å². The van der Waals surface area contributed by atoms with E-state index in [1.54, 1.807) is 0 Å². The number of aryl methyl sites for hydroxylation is 1.